The van der Waals surface area contributed by atoms with Crippen molar-refractivity contribution in [3.63, 3.8) is 0 Å². The second kappa shape index (κ2) is 7.20. The second-order valence-electron chi connectivity index (χ2n) is 7.50. The Morgan fingerprint density at radius 2 is 2.03 bits per heavy atom. The van der Waals surface area contributed by atoms with Crippen LogP contribution in [0.25, 0.3) is 0 Å². The van der Waals surface area contributed by atoms with Gasteiger partial charge in [0.25, 0.3) is 0 Å². The van der Waals surface area contributed by atoms with Crippen LogP contribution in [0.15, 0.2) is 47.4 Å². The van der Waals surface area contributed by atoms with Gasteiger partial charge >= 0.3 is 5.69 Å². The molecule has 1 aromatic carbocycles. The zero-order valence-electron chi connectivity index (χ0n) is 16.0. The Morgan fingerprint density at radius 3 is 2.86 bits per heavy atom. The van der Waals surface area contributed by atoms with Gasteiger partial charge in [-0.1, -0.05) is 18.2 Å². The van der Waals surface area contributed by atoms with Gasteiger partial charge in [-0.25, -0.2) is 14.5 Å². The quantitative estimate of drug-likeness (QED) is 0.736. The Morgan fingerprint density at radius 1 is 1.10 bits per heavy atom. The number of fused-ring (bicyclic) bond motifs is 2. The number of carbonyl (C=O) groups is 1. The van der Waals surface area contributed by atoms with E-state index in [9.17, 15) is 9.59 Å². The molecule has 2 aliphatic heterocycles. The maximum Gasteiger partial charge on any atom is 0.346 e. The van der Waals surface area contributed by atoms with Gasteiger partial charge in [-0.2, -0.15) is 5.10 Å². The van der Waals surface area contributed by atoms with E-state index in [-0.39, 0.29) is 18.1 Å². The maximum absolute atomic E-state index is 12.7. The number of hydrogen-bond acceptors (Lipinski definition) is 5. The molecule has 0 saturated heterocycles. The fraction of sp³-hybridized carbons (Fsp3) is 0.333. The molecule has 8 heteroatoms. The number of aromatic nitrogens is 4. The summed E-state index contributed by atoms with van der Waals surface area (Å²) in [5.74, 6) is 1.45. The monoisotopic (exact) mass is 390 g/mol. The first-order valence-corrected chi connectivity index (χ1v) is 9.92. The van der Waals surface area contributed by atoms with E-state index < -0.39 is 0 Å². The third-order valence-corrected chi connectivity index (χ3v) is 5.56. The molecule has 4 heterocycles. The Balaban J connectivity index is 1.33. The van der Waals surface area contributed by atoms with Crippen molar-refractivity contribution in [2.45, 2.75) is 45.4 Å². The highest BCUT2D eigenvalue weighted by molar-refractivity contribution is 5.91. The van der Waals surface area contributed by atoms with Crippen LogP contribution in [0.4, 0.5) is 11.5 Å². The van der Waals surface area contributed by atoms with E-state index in [0.717, 1.165) is 48.7 Å². The minimum Gasteiger partial charge on any atom is -0.348 e. The number of carbonyl (C=O) groups excluding carboxylic acids is 1. The highest BCUT2D eigenvalue weighted by Gasteiger charge is 2.24. The molecule has 2 aliphatic rings. The molecule has 0 spiro atoms. The molecule has 8 nitrogen and oxygen atoms in total. The van der Waals surface area contributed by atoms with E-state index in [1.54, 1.807) is 10.8 Å². The summed E-state index contributed by atoms with van der Waals surface area (Å²) in [6.07, 6.45) is 4.59. The first-order valence-electron chi connectivity index (χ1n) is 9.92. The highest BCUT2D eigenvalue weighted by atomic mass is 16.2. The van der Waals surface area contributed by atoms with Gasteiger partial charge in [0.2, 0.25) is 5.91 Å². The van der Waals surface area contributed by atoms with Gasteiger partial charge < -0.3 is 10.2 Å². The lowest BCUT2D eigenvalue weighted by atomic mass is 10.1. The Hall–Kier alpha value is -3.42. The molecule has 5 rings (SSSR count). The lowest BCUT2D eigenvalue weighted by molar-refractivity contribution is -0.117. The van der Waals surface area contributed by atoms with Crippen molar-refractivity contribution in [1.82, 2.24) is 19.3 Å². The normalized spacial score (nSPS) is 15.1. The number of anilines is 2. The molecular formula is C21H22N6O2. The van der Waals surface area contributed by atoms with Crippen LogP contribution in [0, 0.1) is 0 Å². The summed E-state index contributed by atoms with van der Waals surface area (Å²) < 4.78 is 2.96. The molecule has 3 aromatic rings. The first kappa shape index (κ1) is 17.7. The molecule has 0 atom stereocenters. The van der Waals surface area contributed by atoms with Gasteiger partial charge in [0, 0.05) is 37.9 Å². The van der Waals surface area contributed by atoms with Crippen molar-refractivity contribution in [2.24, 2.45) is 0 Å². The molecule has 1 amide bonds. The van der Waals surface area contributed by atoms with Crippen molar-refractivity contribution in [3.05, 3.63) is 70.0 Å². The van der Waals surface area contributed by atoms with Crippen molar-refractivity contribution >= 4 is 17.4 Å². The molecule has 0 bridgehead atoms. The smallest absolute Gasteiger partial charge is 0.346 e. The summed E-state index contributed by atoms with van der Waals surface area (Å²) in [4.78, 5) is 31.7. The fourth-order valence-corrected chi connectivity index (χ4v) is 4.12. The molecule has 0 aliphatic carbocycles. The second-order valence-corrected chi connectivity index (χ2v) is 7.50. The van der Waals surface area contributed by atoms with Gasteiger partial charge in [0.05, 0.1) is 0 Å². The van der Waals surface area contributed by atoms with Gasteiger partial charge in [-0.05, 0) is 42.2 Å². The van der Waals surface area contributed by atoms with Crippen LogP contribution in [-0.4, -0.2) is 25.2 Å². The molecule has 1 N–H and O–H groups in total. The fourth-order valence-electron chi connectivity index (χ4n) is 4.12. The van der Waals surface area contributed by atoms with E-state index in [0.29, 0.717) is 13.1 Å². The Kier molecular flexibility index (Phi) is 4.38. The number of nitrogens with one attached hydrogen (secondary N) is 1. The average molecular weight is 390 g/mol. The minimum absolute atomic E-state index is 0.0769. The van der Waals surface area contributed by atoms with Gasteiger partial charge in [0.15, 0.2) is 0 Å². The highest BCUT2D eigenvalue weighted by Crippen LogP contribution is 2.31. The number of amides is 1. The van der Waals surface area contributed by atoms with Crippen molar-refractivity contribution in [1.29, 1.82) is 0 Å². The molecule has 0 fully saturated rings. The predicted octanol–water partition coefficient (Wildman–Crippen LogP) is 1.93. The Bertz CT molecular complexity index is 1120. The van der Waals surface area contributed by atoms with Crippen LogP contribution >= 0.6 is 0 Å². The molecule has 148 valence electrons. The van der Waals surface area contributed by atoms with Gasteiger partial charge in [0.1, 0.15) is 18.2 Å². The van der Waals surface area contributed by atoms with Crippen LogP contribution in [0.2, 0.25) is 0 Å². The topological polar surface area (TPSA) is 85.0 Å². The van der Waals surface area contributed by atoms with E-state index in [1.807, 2.05) is 30.3 Å². The van der Waals surface area contributed by atoms with E-state index in [2.05, 4.69) is 26.4 Å². The van der Waals surface area contributed by atoms with Gasteiger partial charge in [-0.3, -0.25) is 9.36 Å². The number of pyridine rings is 1. The average Bonchev–Trinajstić information content (AvgIpc) is 3.31. The number of aryl methyl sites for hydroxylation is 1. The molecule has 0 radical (unpaired) electrons. The van der Waals surface area contributed by atoms with E-state index in [1.165, 1.54) is 10.2 Å². The maximum atomic E-state index is 12.7. The molecule has 2 aromatic heterocycles. The lowest BCUT2D eigenvalue weighted by Crippen LogP contribution is -2.31. The van der Waals surface area contributed by atoms with Crippen LogP contribution in [-0.2, 0) is 37.4 Å². The lowest BCUT2D eigenvalue weighted by Gasteiger charge is -2.16. The number of benzene rings is 1. The minimum atomic E-state index is -0.243. The largest absolute Gasteiger partial charge is 0.348 e. The van der Waals surface area contributed by atoms with E-state index in [4.69, 9.17) is 0 Å². The Labute approximate surface area is 167 Å². The van der Waals surface area contributed by atoms with E-state index >= 15 is 0 Å². The van der Waals surface area contributed by atoms with Crippen LogP contribution in [0.3, 0.4) is 0 Å². The third kappa shape index (κ3) is 3.30. The summed E-state index contributed by atoms with van der Waals surface area (Å²) in [5, 5.41) is 7.32. The number of hydrogen-bond donors (Lipinski definition) is 1. The number of rotatable bonds is 4. The summed E-state index contributed by atoms with van der Waals surface area (Å²) >= 11 is 0. The van der Waals surface area contributed by atoms with Crippen LogP contribution in [0.5, 0.6) is 0 Å². The van der Waals surface area contributed by atoms with Crippen molar-refractivity contribution in [2.75, 3.05) is 10.2 Å². The zero-order valence-corrected chi connectivity index (χ0v) is 16.0. The molecule has 29 heavy (non-hydrogen) atoms. The zero-order chi connectivity index (χ0) is 19.8. The standard InChI is InChI=1S/C21H22N6O2/c28-20(14-27-21(29)26-11-4-2-9-19(26)24-27)23-17-7-5-6-15-12-25(13-16(15)17)18-8-1-3-10-22-18/h1,3,5-8,10H,2,4,9,11-14H2,(H,23,28). The molecular weight excluding hydrogens is 368 g/mol. The van der Waals surface area contributed by atoms with Crippen molar-refractivity contribution in [3.8, 4) is 0 Å². The molecule has 0 saturated carbocycles. The third-order valence-electron chi connectivity index (χ3n) is 5.56. The predicted molar refractivity (Wildman–Crippen MR) is 109 cm³/mol. The SMILES string of the molecule is O=C(Cn1nc2n(c1=O)CCCC2)Nc1cccc2c1CN(c1ccccn1)C2. The first-order chi connectivity index (χ1) is 14.2. The molecule has 0 unspecified atom stereocenters. The summed E-state index contributed by atoms with van der Waals surface area (Å²) in [6, 6.07) is 11.8. The summed E-state index contributed by atoms with van der Waals surface area (Å²) in [7, 11) is 0. The van der Waals surface area contributed by atoms with Crippen LogP contribution < -0.4 is 15.9 Å². The van der Waals surface area contributed by atoms with Crippen LogP contribution in [0.1, 0.15) is 29.8 Å². The van der Waals surface area contributed by atoms with Crippen molar-refractivity contribution < 1.29 is 4.79 Å². The summed E-state index contributed by atoms with van der Waals surface area (Å²) in [5.41, 5.74) is 2.84. The summed E-state index contributed by atoms with van der Waals surface area (Å²) in [6.45, 7) is 2.04. The number of nitrogens with zero attached hydrogens (tertiary/aromatic N) is 5. The van der Waals surface area contributed by atoms with Gasteiger partial charge in [-0.15, -0.1) is 0 Å².